The summed E-state index contributed by atoms with van der Waals surface area (Å²) in [6.45, 7) is 4.19. The molecule has 4 heteroatoms. The first-order chi connectivity index (χ1) is 9.19. The molecule has 1 aliphatic heterocycles. The average Bonchev–Trinajstić information content (AvgIpc) is 2.78. The molecule has 0 radical (unpaired) electrons. The van der Waals surface area contributed by atoms with Crippen molar-refractivity contribution in [3.63, 3.8) is 0 Å². The SMILES string of the molecule is CCOC(=O)CCC(=O)CN1Cc2ccccc2C1. The van der Waals surface area contributed by atoms with Crippen LogP contribution < -0.4 is 0 Å². The van der Waals surface area contributed by atoms with Gasteiger partial charge in [-0.25, -0.2) is 0 Å². The molecule has 4 nitrogen and oxygen atoms in total. The predicted molar refractivity (Wildman–Crippen MR) is 71.4 cm³/mol. The highest BCUT2D eigenvalue weighted by atomic mass is 16.5. The average molecular weight is 261 g/mol. The molecule has 0 N–H and O–H groups in total. The van der Waals surface area contributed by atoms with Crippen LogP contribution in [0.25, 0.3) is 0 Å². The van der Waals surface area contributed by atoms with E-state index in [4.69, 9.17) is 4.74 Å². The highest BCUT2D eigenvalue weighted by Crippen LogP contribution is 2.21. The van der Waals surface area contributed by atoms with Crippen molar-refractivity contribution in [1.29, 1.82) is 0 Å². The van der Waals surface area contributed by atoms with Crippen LogP contribution in [0.2, 0.25) is 0 Å². The molecule has 0 saturated heterocycles. The van der Waals surface area contributed by atoms with E-state index < -0.39 is 0 Å². The van der Waals surface area contributed by atoms with Gasteiger partial charge in [0.2, 0.25) is 0 Å². The van der Waals surface area contributed by atoms with Crippen LogP contribution in [0.1, 0.15) is 30.9 Å². The number of Topliss-reactive ketones (excluding diaryl/α,β-unsaturated/α-hetero) is 1. The van der Waals surface area contributed by atoms with E-state index in [0.29, 0.717) is 13.2 Å². The second-order valence-corrected chi connectivity index (χ2v) is 4.76. The first-order valence-electron chi connectivity index (χ1n) is 6.65. The maximum Gasteiger partial charge on any atom is 0.306 e. The van der Waals surface area contributed by atoms with Crippen LogP contribution in [-0.2, 0) is 27.4 Å². The number of nitrogens with zero attached hydrogens (tertiary/aromatic N) is 1. The van der Waals surface area contributed by atoms with Gasteiger partial charge in [0.15, 0.2) is 0 Å². The fraction of sp³-hybridized carbons (Fsp3) is 0.467. The van der Waals surface area contributed by atoms with E-state index in [0.717, 1.165) is 13.1 Å². The summed E-state index contributed by atoms with van der Waals surface area (Å²) in [5.41, 5.74) is 2.58. The molecular weight excluding hydrogens is 242 g/mol. The van der Waals surface area contributed by atoms with Gasteiger partial charge in [0, 0.05) is 19.5 Å². The maximum absolute atomic E-state index is 11.8. The van der Waals surface area contributed by atoms with E-state index in [1.165, 1.54) is 11.1 Å². The zero-order valence-corrected chi connectivity index (χ0v) is 11.2. The standard InChI is InChI=1S/C15H19NO3/c1-2-19-15(18)8-7-14(17)11-16-9-12-5-3-4-6-13(12)10-16/h3-6H,2,7-11H2,1H3. The molecule has 1 heterocycles. The molecule has 0 fully saturated rings. The van der Waals surface area contributed by atoms with Gasteiger partial charge in [0.1, 0.15) is 5.78 Å². The van der Waals surface area contributed by atoms with Crippen LogP contribution in [0.4, 0.5) is 0 Å². The quantitative estimate of drug-likeness (QED) is 0.734. The van der Waals surface area contributed by atoms with Gasteiger partial charge in [-0.2, -0.15) is 0 Å². The van der Waals surface area contributed by atoms with Gasteiger partial charge >= 0.3 is 5.97 Å². The Morgan fingerprint density at radius 1 is 1.16 bits per heavy atom. The Morgan fingerprint density at radius 2 is 1.79 bits per heavy atom. The van der Waals surface area contributed by atoms with Crippen molar-refractivity contribution >= 4 is 11.8 Å². The topological polar surface area (TPSA) is 46.6 Å². The lowest BCUT2D eigenvalue weighted by atomic mass is 10.1. The van der Waals surface area contributed by atoms with Gasteiger partial charge in [0.25, 0.3) is 0 Å². The molecule has 0 aromatic heterocycles. The molecule has 0 amide bonds. The minimum Gasteiger partial charge on any atom is -0.466 e. The second-order valence-electron chi connectivity index (χ2n) is 4.76. The lowest BCUT2D eigenvalue weighted by Gasteiger charge is -2.13. The van der Waals surface area contributed by atoms with Crippen molar-refractivity contribution in [3.8, 4) is 0 Å². The fourth-order valence-corrected chi connectivity index (χ4v) is 2.32. The van der Waals surface area contributed by atoms with E-state index in [9.17, 15) is 9.59 Å². The summed E-state index contributed by atoms with van der Waals surface area (Å²) in [7, 11) is 0. The highest BCUT2D eigenvalue weighted by molar-refractivity contribution is 5.84. The minimum absolute atomic E-state index is 0.0980. The third-order valence-corrected chi connectivity index (χ3v) is 3.22. The largest absolute Gasteiger partial charge is 0.466 e. The maximum atomic E-state index is 11.8. The number of carbonyl (C=O) groups excluding carboxylic acids is 2. The highest BCUT2D eigenvalue weighted by Gasteiger charge is 2.20. The molecular formula is C15H19NO3. The van der Waals surface area contributed by atoms with Gasteiger partial charge in [-0.05, 0) is 18.1 Å². The third kappa shape index (κ3) is 3.89. The molecule has 0 atom stereocenters. The number of fused-ring (bicyclic) bond motifs is 1. The van der Waals surface area contributed by atoms with E-state index >= 15 is 0 Å². The summed E-state index contributed by atoms with van der Waals surface area (Å²) < 4.78 is 4.81. The number of rotatable bonds is 6. The van der Waals surface area contributed by atoms with E-state index in [2.05, 4.69) is 17.0 Å². The molecule has 102 valence electrons. The van der Waals surface area contributed by atoms with Crippen molar-refractivity contribution in [1.82, 2.24) is 4.90 Å². The monoisotopic (exact) mass is 261 g/mol. The number of carbonyl (C=O) groups is 2. The Kier molecular flexibility index (Phi) is 4.68. The first-order valence-corrected chi connectivity index (χ1v) is 6.65. The number of esters is 1. The number of ketones is 1. The van der Waals surface area contributed by atoms with Crippen molar-refractivity contribution in [2.75, 3.05) is 13.2 Å². The van der Waals surface area contributed by atoms with Crippen molar-refractivity contribution in [2.45, 2.75) is 32.9 Å². The van der Waals surface area contributed by atoms with Gasteiger partial charge < -0.3 is 4.74 Å². The molecule has 0 unspecified atom stereocenters. The van der Waals surface area contributed by atoms with Crippen LogP contribution in [0, 0.1) is 0 Å². The van der Waals surface area contributed by atoms with Crippen LogP contribution in [0.3, 0.4) is 0 Å². The fourth-order valence-electron chi connectivity index (χ4n) is 2.32. The van der Waals surface area contributed by atoms with E-state index in [1.807, 2.05) is 12.1 Å². The first kappa shape index (κ1) is 13.7. The van der Waals surface area contributed by atoms with Gasteiger partial charge in [0.05, 0.1) is 19.6 Å². The molecule has 0 saturated carbocycles. The summed E-state index contributed by atoms with van der Waals surface area (Å²) in [4.78, 5) is 25.1. The Balaban J connectivity index is 1.75. The lowest BCUT2D eigenvalue weighted by molar-refractivity contribution is -0.144. The number of benzene rings is 1. The van der Waals surface area contributed by atoms with Gasteiger partial charge in [-0.1, -0.05) is 24.3 Å². The molecule has 19 heavy (non-hydrogen) atoms. The number of ether oxygens (including phenoxy) is 1. The molecule has 0 spiro atoms. The minimum atomic E-state index is -0.291. The summed E-state index contributed by atoms with van der Waals surface area (Å²) in [5, 5.41) is 0. The normalized spacial score (nSPS) is 14.2. The third-order valence-electron chi connectivity index (χ3n) is 3.22. The van der Waals surface area contributed by atoms with Gasteiger partial charge in [-0.15, -0.1) is 0 Å². The zero-order valence-electron chi connectivity index (χ0n) is 11.2. The summed E-state index contributed by atoms with van der Waals surface area (Å²) in [5.74, 6) is -0.193. The number of hydrogen-bond donors (Lipinski definition) is 0. The Labute approximate surface area is 113 Å². The smallest absolute Gasteiger partial charge is 0.306 e. The Hall–Kier alpha value is -1.68. The molecule has 2 rings (SSSR count). The van der Waals surface area contributed by atoms with Crippen molar-refractivity contribution < 1.29 is 14.3 Å². The summed E-state index contributed by atoms with van der Waals surface area (Å²) >= 11 is 0. The summed E-state index contributed by atoms with van der Waals surface area (Å²) in [6.07, 6.45) is 0.457. The molecule has 1 aromatic rings. The van der Waals surface area contributed by atoms with Crippen molar-refractivity contribution in [3.05, 3.63) is 35.4 Å². The Bertz CT molecular complexity index is 445. The number of hydrogen-bond acceptors (Lipinski definition) is 4. The molecule has 1 aromatic carbocycles. The molecule has 1 aliphatic rings. The summed E-state index contributed by atoms with van der Waals surface area (Å²) in [6, 6.07) is 8.23. The second kappa shape index (κ2) is 6.48. The van der Waals surface area contributed by atoms with Crippen LogP contribution in [0.15, 0.2) is 24.3 Å². The molecule has 0 bridgehead atoms. The van der Waals surface area contributed by atoms with Crippen LogP contribution in [-0.4, -0.2) is 29.8 Å². The lowest BCUT2D eigenvalue weighted by Crippen LogP contribution is -2.25. The molecule has 0 aliphatic carbocycles. The van der Waals surface area contributed by atoms with Crippen molar-refractivity contribution in [2.24, 2.45) is 0 Å². The van der Waals surface area contributed by atoms with Gasteiger partial charge in [-0.3, -0.25) is 14.5 Å². The zero-order chi connectivity index (χ0) is 13.7. The van der Waals surface area contributed by atoms with Crippen LogP contribution in [0.5, 0.6) is 0 Å². The van der Waals surface area contributed by atoms with E-state index in [1.54, 1.807) is 6.92 Å². The predicted octanol–water partition coefficient (Wildman–Crippen LogP) is 1.91. The van der Waals surface area contributed by atoms with Crippen LogP contribution >= 0.6 is 0 Å². The Morgan fingerprint density at radius 3 is 2.37 bits per heavy atom. The van der Waals surface area contributed by atoms with E-state index in [-0.39, 0.29) is 24.6 Å².